The molecule has 0 heterocycles. The fraction of sp³-hybridized carbons (Fsp3) is 0.500. The molecular formula is C16H22F2N2O2. The number of benzene rings is 1. The van der Waals surface area contributed by atoms with Crippen LogP contribution in [0.3, 0.4) is 0 Å². The summed E-state index contributed by atoms with van der Waals surface area (Å²) in [5, 5.41) is 2.82. The van der Waals surface area contributed by atoms with Gasteiger partial charge in [0.05, 0.1) is 5.54 Å². The molecule has 0 bridgehead atoms. The highest BCUT2D eigenvalue weighted by molar-refractivity contribution is 5.98. The van der Waals surface area contributed by atoms with Gasteiger partial charge in [0.25, 0.3) is 0 Å². The zero-order valence-electron chi connectivity index (χ0n) is 13.1. The lowest BCUT2D eigenvalue weighted by atomic mass is 9.88. The van der Waals surface area contributed by atoms with Crippen molar-refractivity contribution in [2.45, 2.75) is 39.2 Å². The maximum absolute atomic E-state index is 13.1. The van der Waals surface area contributed by atoms with E-state index in [0.717, 1.165) is 12.1 Å². The van der Waals surface area contributed by atoms with E-state index in [1.165, 1.54) is 6.07 Å². The van der Waals surface area contributed by atoms with Crippen molar-refractivity contribution >= 4 is 11.7 Å². The van der Waals surface area contributed by atoms with Gasteiger partial charge in [0, 0.05) is 24.9 Å². The highest BCUT2D eigenvalue weighted by Crippen LogP contribution is 2.16. The quantitative estimate of drug-likeness (QED) is 0.760. The van der Waals surface area contributed by atoms with Crippen LogP contribution < -0.4 is 11.1 Å². The Bertz CT molecular complexity index is 561. The summed E-state index contributed by atoms with van der Waals surface area (Å²) in [7, 11) is 0. The summed E-state index contributed by atoms with van der Waals surface area (Å²) in [4.78, 5) is 23.8. The standard InChI is InChI=1S/C16H22F2N2O2/c1-10(2)16(3,9-19)20-15(22)7-6-14(21)11-4-5-12(17)13(18)8-11/h4-5,8,10H,6-7,9,19H2,1-3H3,(H,20,22). The number of Topliss-reactive ketones (excluding diaryl/α,β-unsaturated/α-hetero) is 1. The third-order valence-corrected chi connectivity index (χ3v) is 3.94. The predicted molar refractivity (Wildman–Crippen MR) is 80.4 cm³/mol. The van der Waals surface area contributed by atoms with Crippen molar-refractivity contribution in [3.63, 3.8) is 0 Å². The monoisotopic (exact) mass is 312 g/mol. The number of nitrogens with one attached hydrogen (secondary N) is 1. The summed E-state index contributed by atoms with van der Waals surface area (Å²) in [6, 6.07) is 2.94. The van der Waals surface area contributed by atoms with Crippen LogP contribution in [0.2, 0.25) is 0 Å². The van der Waals surface area contributed by atoms with Crippen LogP contribution in [0.5, 0.6) is 0 Å². The normalized spacial score (nSPS) is 13.8. The maximum Gasteiger partial charge on any atom is 0.220 e. The van der Waals surface area contributed by atoms with E-state index in [-0.39, 0.29) is 36.8 Å². The summed E-state index contributed by atoms with van der Waals surface area (Å²) in [6.45, 7) is 6.01. The van der Waals surface area contributed by atoms with Crippen molar-refractivity contribution in [1.29, 1.82) is 0 Å². The molecule has 0 saturated carbocycles. The first-order valence-electron chi connectivity index (χ1n) is 7.19. The molecule has 1 rings (SSSR count). The molecule has 0 aliphatic carbocycles. The van der Waals surface area contributed by atoms with Crippen LogP contribution in [-0.4, -0.2) is 23.8 Å². The Hall–Kier alpha value is -1.82. The molecule has 3 N–H and O–H groups in total. The molecule has 0 fully saturated rings. The first-order chi connectivity index (χ1) is 10.2. The minimum absolute atomic E-state index is 0.0276. The minimum atomic E-state index is -1.08. The Labute approximate surface area is 129 Å². The van der Waals surface area contributed by atoms with Crippen molar-refractivity contribution in [2.24, 2.45) is 11.7 Å². The third kappa shape index (κ3) is 4.59. The molecule has 0 aliphatic rings. The number of hydrogen-bond acceptors (Lipinski definition) is 3. The lowest BCUT2D eigenvalue weighted by Gasteiger charge is -2.33. The number of amides is 1. The lowest BCUT2D eigenvalue weighted by molar-refractivity contribution is -0.123. The smallest absolute Gasteiger partial charge is 0.220 e. The molecule has 0 spiro atoms. The van der Waals surface area contributed by atoms with Gasteiger partial charge in [-0.1, -0.05) is 13.8 Å². The first kappa shape index (κ1) is 18.2. The van der Waals surface area contributed by atoms with E-state index in [1.807, 2.05) is 20.8 Å². The molecule has 0 aromatic heterocycles. The molecule has 1 unspecified atom stereocenters. The van der Waals surface area contributed by atoms with E-state index in [2.05, 4.69) is 5.32 Å². The van der Waals surface area contributed by atoms with E-state index in [0.29, 0.717) is 0 Å². The molecule has 4 nitrogen and oxygen atoms in total. The Balaban J connectivity index is 2.60. The Morgan fingerprint density at radius 1 is 1.23 bits per heavy atom. The second kappa shape index (κ2) is 7.45. The fourth-order valence-electron chi connectivity index (χ4n) is 1.85. The number of rotatable bonds is 7. The lowest BCUT2D eigenvalue weighted by Crippen LogP contribution is -2.55. The molecule has 0 radical (unpaired) electrons. The van der Waals surface area contributed by atoms with E-state index >= 15 is 0 Å². The topological polar surface area (TPSA) is 72.2 Å². The molecular weight excluding hydrogens is 290 g/mol. The van der Waals surface area contributed by atoms with Crippen molar-refractivity contribution in [2.75, 3.05) is 6.54 Å². The second-order valence-corrected chi connectivity index (χ2v) is 5.88. The summed E-state index contributed by atoms with van der Waals surface area (Å²) in [5.74, 6) is -2.65. The molecule has 1 atom stereocenters. The molecule has 22 heavy (non-hydrogen) atoms. The number of nitrogens with two attached hydrogens (primary N) is 1. The minimum Gasteiger partial charge on any atom is -0.349 e. The number of ketones is 1. The number of carbonyl (C=O) groups excluding carboxylic acids is 2. The average molecular weight is 312 g/mol. The van der Waals surface area contributed by atoms with Crippen LogP contribution in [0.15, 0.2) is 18.2 Å². The average Bonchev–Trinajstić information content (AvgIpc) is 2.47. The Morgan fingerprint density at radius 3 is 2.36 bits per heavy atom. The fourth-order valence-corrected chi connectivity index (χ4v) is 1.85. The van der Waals surface area contributed by atoms with E-state index in [4.69, 9.17) is 5.73 Å². The van der Waals surface area contributed by atoms with Crippen molar-refractivity contribution in [3.05, 3.63) is 35.4 Å². The van der Waals surface area contributed by atoms with Crippen LogP contribution in [-0.2, 0) is 4.79 Å². The molecule has 0 saturated heterocycles. The predicted octanol–water partition coefficient (Wildman–Crippen LogP) is 2.42. The molecule has 1 aromatic rings. The highest BCUT2D eigenvalue weighted by atomic mass is 19.2. The van der Waals surface area contributed by atoms with E-state index < -0.39 is 23.0 Å². The van der Waals surface area contributed by atoms with Crippen LogP contribution in [0, 0.1) is 17.6 Å². The molecule has 6 heteroatoms. The molecule has 0 aliphatic heterocycles. The largest absolute Gasteiger partial charge is 0.349 e. The van der Waals surface area contributed by atoms with Gasteiger partial charge in [-0.05, 0) is 31.0 Å². The number of hydrogen-bond donors (Lipinski definition) is 2. The van der Waals surface area contributed by atoms with Crippen molar-refractivity contribution in [3.8, 4) is 0 Å². The highest BCUT2D eigenvalue weighted by Gasteiger charge is 2.28. The molecule has 1 amide bonds. The van der Waals surface area contributed by atoms with Gasteiger partial charge in [0.2, 0.25) is 5.91 Å². The van der Waals surface area contributed by atoms with Gasteiger partial charge in [0.1, 0.15) is 0 Å². The summed E-state index contributed by atoms with van der Waals surface area (Å²) >= 11 is 0. The van der Waals surface area contributed by atoms with Gasteiger partial charge in [0.15, 0.2) is 17.4 Å². The number of carbonyl (C=O) groups is 2. The van der Waals surface area contributed by atoms with Gasteiger partial charge in [-0.3, -0.25) is 9.59 Å². The summed E-state index contributed by atoms with van der Waals surface area (Å²) < 4.78 is 25.9. The zero-order valence-corrected chi connectivity index (χ0v) is 13.1. The number of halogens is 2. The maximum atomic E-state index is 13.1. The van der Waals surface area contributed by atoms with Gasteiger partial charge in [-0.2, -0.15) is 0 Å². The van der Waals surface area contributed by atoms with Crippen LogP contribution in [0.25, 0.3) is 0 Å². The SMILES string of the molecule is CC(C)C(C)(CN)NC(=O)CCC(=O)c1ccc(F)c(F)c1. The van der Waals surface area contributed by atoms with Gasteiger partial charge < -0.3 is 11.1 Å². The van der Waals surface area contributed by atoms with Crippen molar-refractivity contribution in [1.82, 2.24) is 5.32 Å². The second-order valence-electron chi connectivity index (χ2n) is 5.88. The van der Waals surface area contributed by atoms with E-state index in [1.54, 1.807) is 0 Å². The van der Waals surface area contributed by atoms with Crippen molar-refractivity contribution < 1.29 is 18.4 Å². The summed E-state index contributed by atoms with van der Waals surface area (Å²) in [5.41, 5.74) is 5.19. The van der Waals surface area contributed by atoms with Crippen LogP contribution in [0.4, 0.5) is 8.78 Å². The van der Waals surface area contributed by atoms with Gasteiger partial charge in [-0.15, -0.1) is 0 Å². The zero-order chi connectivity index (χ0) is 16.9. The molecule has 122 valence electrons. The first-order valence-corrected chi connectivity index (χ1v) is 7.19. The van der Waals surface area contributed by atoms with Gasteiger partial charge >= 0.3 is 0 Å². The molecule has 1 aromatic carbocycles. The van der Waals surface area contributed by atoms with Crippen LogP contribution >= 0.6 is 0 Å². The summed E-state index contributed by atoms with van der Waals surface area (Å²) in [6.07, 6.45) is -0.101. The Kier molecular flexibility index (Phi) is 6.17. The Morgan fingerprint density at radius 2 is 1.86 bits per heavy atom. The van der Waals surface area contributed by atoms with E-state index in [9.17, 15) is 18.4 Å². The van der Waals surface area contributed by atoms with Gasteiger partial charge in [-0.25, -0.2) is 8.78 Å². The third-order valence-electron chi connectivity index (χ3n) is 3.94. The van der Waals surface area contributed by atoms with Crippen LogP contribution in [0.1, 0.15) is 44.0 Å².